The van der Waals surface area contributed by atoms with Crippen LogP contribution in [0.5, 0.6) is 5.75 Å². The molecule has 0 radical (unpaired) electrons. The summed E-state index contributed by atoms with van der Waals surface area (Å²) in [7, 11) is 0. The number of carbonyl (C=O) groups is 1. The second-order valence-corrected chi connectivity index (χ2v) is 6.02. The molecule has 2 rings (SSSR count). The highest BCUT2D eigenvalue weighted by Crippen LogP contribution is 2.23. The molecule has 0 spiro atoms. The molecule has 0 saturated heterocycles. The molecular weight excluding hydrogens is 310 g/mol. The van der Waals surface area contributed by atoms with Gasteiger partial charge in [0.25, 0.3) is 0 Å². The molecule has 0 aliphatic carbocycles. The Bertz CT molecular complexity index is 659. The van der Waals surface area contributed by atoms with Crippen LogP contribution in [0.1, 0.15) is 31.7 Å². The molecule has 1 N–H and O–H groups in total. The lowest BCUT2D eigenvalue weighted by molar-refractivity contribution is -0.116. The first-order chi connectivity index (χ1) is 12.2. The molecule has 1 amide bonds. The second-order valence-electron chi connectivity index (χ2n) is 6.02. The van der Waals surface area contributed by atoms with Crippen molar-refractivity contribution in [2.45, 2.75) is 32.6 Å². The number of amides is 1. The molecule has 0 aliphatic heterocycles. The van der Waals surface area contributed by atoms with Crippen molar-refractivity contribution in [1.82, 2.24) is 5.32 Å². The van der Waals surface area contributed by atoms with E-state index in [9.17, 15) is 4.79 Å². The maximum absolute atomic E-state index is 11.0. The molecule has 0 heterocycles. The van der Waals surface area contributed by atoms with Crippen molar-refractivity contribution in [3.63, 3.8) is 0 Å². The molecule has 0 atom stereocenters. The van der Waals surface area contributed by atoms with E-state index in [-0.39, 0.29) is 5.91 Å². The Balaban J connectivity index is 1.84. The molecule has 132 valence electrons. The number of hydrogen-bond donors (Lipinski definition) is 1. The zero-order chi connectivity index (χ0) is 17.9. The Kier molecular flexibility index (Phi) is 7.77. The first-order valence-electron chi connectivity index (χ1n) is 8.95. The van der Waals surface area contributed by atoms with Gasteiger partial charge in [0, 0.05) is 0 Å². The van der Waals surface area contributed by atoms with Crippen LogP contribution < -0.4 is 10.1 Å². The fourth-order valence-electron chi connectivity index (χ4n) is 2.60. The van der Waals surface area contributed by atoms with Gasteiger partial charge in [-0.1, -0.05) is 62.7 Å². The molecule has 0 aromatic heterocycles. The average molecular weight is 337 g/mol. The number of ether oxygens (including phenoxy) is 1. The zero-order valence-electron chi connectivity index (χ0n) is 15.0. The van der Waals surface area contributed by atoms with Crippen LogP contribution in [-0.4, -0.2) is 19.1 Å². The molecule has 0 unspecified atom stereocenters. The Morgan fingerprint density at radius 2 is 1.68 bits per heavy atom. The summed E-state index contributed by atoms with van der Waals surface area (Å²) in [6.07, 6.45) is 6.22. The number of aryl methyl sites for hydroxylation is 1. The maximum atomic E-state index is 11.0. The van der Waals surface area contributed by atoms with Crippen LogP contribution in [0.3, 0.4) is 0 Å². The van der Waals surface area contributed by atoms with E-state index in [2.05, 4.69) is 55.2 Å². The van der Waals surface area contributed by atoms with Gasteiger partial charge in [0.05, 0.1) is 6.54 Å². The van der Waals surface area contributed by atoms with Crippen LogP contribution in [-0.2, 0) is 11.2 Å². The van der Waals surface area contributed by atoms with Crippen molar-refractivity contribution in [1.29, 1.82) is 0 Å². The standard InChI is InChI=1S/C22H27NO2/c1-3-5-6-7-18-8-10-19(11-9-18)20-12-14-21(15-13-20)25-17-16-23-22(24)4-2/h4,8-15H,2-3,5-7,16-17H2,1H3,(H,23,24). The summed E-state index contributed by atoms with van der Waals surface area (Å²) in [5, 5.41) is 2.68. The largest absolute Gasteiger partial charge is 0.492 e. The van der Waals surface area contributed by atoms with Crippen LogP contribution in [0.4, 0.5) is 0 Å². The third-order valence-corrected chi connectivity index (χ3v) is 4.07. The number of rotatable bonds is 10. The number of nitrogens with one attached hydrogen (secondary N) is 1. The molecule has 3 heteroatoms. The molecule has 0 fully saturated rings. The smallest absolute Gasteiger partial charge is 0.243 e. The number of carbonyl (C=O) groups excluding carboxylic acids is 1. The van der Waals surface area contributed by atoms with Gasteiger partial charge in [0.15, 0.2) is 0 Å². The predicted octanol–water partition coefficient (Wildman–Crippen LogP) is 4.77. The average Bonchev–Trinajstić information content (AvgIpc) is 2.66. The molecule has 2 aromatic carbocycles. The lowest BCUT2D eigenvalue weighted by atomic mass is 10.0. The van der Waals surface area contributed by atoms with Crippen LogP contribution in [0.15, 0.2) is 61.2 Å². The quantitative estimate of drug-likeness (QED) is 0.501. The number of benzene rings is 2. The van der Waals surface area contributed by atoms with Crippen molar-refractivity contribution in [2.75, 3.05) is 13.2 Å². The Labute approximate surface area is 150 Å². The van der Waals surface area contributed by atoms with E-state index in [0.29, 0.717) is 13.2 Å². The topological polar surface area (TPSA) is 38.3 Å². The summed E-state index contributed by atoms with van der Waals surface area (Å²) in [5.74, 6) is 0.616. The second kappa shape index (κ2) is 10.3. The summed E-state index contributed by atoms with van der Waals surface area (Å²) < 4.78 is 5.62. The van der Waals surface area contributed by atoms with Gasteiger partial charge in [-0.2, -0.15) is 0 Å². The maximum Gasteiger partial charge on any atom is 0.243 e. The lowest BCUT2D eigenvalue weighted by Gasteiger charge is -2.08. The Morgan fingerprint density at radius 3 is 2.28 bits per heavy atom. The van der Waals surface area contributed by atoms with Crippen LogP contribution in [0.2, 0.25) is 0 Å². The first kappa shape index (κ1) is 18.8. The van der Waals surface area contributed by atoms with E-state index in [1.54, 1.807) is 0 Å². The highest BCUT2D eigenvalue weighted by molar-refractivity contribution is 5.86. The Morgan fingerprint density at radius 1 is 1.04 bits per heavy atom. The normalized spacial score (nSPS) is 10.3. The van der Waals surface area contributed by atoms with Gasteiger partial charge in [-0.3, -0.25) is 4.79 Å². The molecule has 25 heavy (non-hydrogen) atoms. The molecule has 0 saturated carbocycles. The summed E-state index contributed by atoms with van der Waals surface area (Å²) in [6, 6.07) is 16.8. The van der Waals surface area contributed by atoms with Gasteiger partial charge in [-0.15, -0.1) is 0 Å². The van der Waals surface area contributed by atoms with E-state index in [1.807, 2.05) is 12.1 Å². The number of hydrogen-bond acceptors (Lipinski definition) is 2. The molecule has 0 bridgehead atoms. The predicted molar refractivity (Wildman–Crippen MR) is 104 cm³/mol. The van der Waals surface area contributed by atoms with Crippen molar-refractivity contribution in [3.8, 4) is 16.9 Å². The molecule has 3 nitrogen and oxygen atoms in total. The lowest BCUT2D eigenvalue weighted by Crippen LogP contribution is -2.26. The van der Waals surface area contributed by atoms with Crippen molar-refractivity contribution < 1.29 is 9.53 Å². The van der Waals surface area contributed by atoms with Gasteiger partial charge in [-0.25, -0.2) is 0 Å². The van der Waals surface area contributed by atoms with Crippen LogP contribution >= 0.6 is 0 Å². The van der Waals surface area contributed by atoms with E-state index in [4.69, 9.17) is 4.74 Å². The minimum Gasteiger partial charge on any atom is -0.492 e. The first-order valence-corrected chi connectivity index (χ1v) is 8.95. The van der Waals surface area contributed by atoms with Gasteiger partial charge < -0.3 is 10.1 Å². The van der Waals surface area contributed by atoms with Crippen molar-refractivity contribution in [2.24, 2.45) is 0 Å². The highest BCUT2D eigenvalue weighted by atomic mass is 16.5. The fourth-order valence-corrected chi connectivity index (χ4v) is 2.60. The van der Waals surface area contributed by atoms with Gasteiger partial charge in [0.2, 0.25) is 5.91 Å². The Hall–Kier alpha value is -2.55. The fraction of sp³-hybridized carbons (Fsp3) is 0.318. The summed E-state index contributed by atoms with van der Waals surface area (Å²) in [5.41, 5.74) is 3.79. The molecule has 2 aromatic rings. The van der Waals surface area contributed by atoms with Crippen LogP contribution in [0, 0.1) is 0 Å². The van der Waals surface area contributed by atoms with E-state index >= 15 is 0 Å². The van der Waals surface area contributed by atoms with Gasteiger partial charge >= 0.3 is 0 Å². The minimum absolute atomic E-state index is 0.183. The third kappa shape index (κ3) is 6.46. The van der Waals surface area contributed by atoms with E-state index in [1.165, 1.54) is 42.0 Å². The monoisotopic (exact) mass is 337 g/mol. The number of unbranched alkanes of at least 4 members (excludes halogenated alkanes) is 2. The molecular formula is C22H27NO2. The zero-order valence-corrected chi connectivity index (χ0v) is 15.0. The van der Waals surface area contributed by atoms with Crippen LogP contribution in [0.25, 0.3) is 11.1 Å². The van der Waals surface area contributed by atoms with Gasteiger partial charge in [0.1, 0.15) is 12.4 Å². The van der Waals surface area contributed by atoms with E-state index in [0.717, 1.165) is 12.2 Å². The summed E-state index contributed by atoms with van der Waals surface area (Å²) >= 11 is 0. The van der Waals surface area contributed by atoms with Gasteiger partial charge in [-0.05, 0) is 47.7 Å². The summed E-state index contributed by atoms with van der Waals surface area (Å²) in [6.45, 7) is 6.54. The third-order valence-electron chi connectivity index (χ3n) is 4.07. The molecule has 0 aliphatic rings. The minimum atomic E-state index is -0.183. The van der Waals surface area contributed by atoms with Crippen molar-refractivity contribution >= 4 is 5.91 Å². The SMILES string of the molecule is C=CC(=O)NCCOc1ccc(-c2ccc(CCCCC)cc2)cc1. The highest BCUT2D eigenvalue weighted by Gasteiger charge is 2.00. The summed E-state index contributed by atoms with van der Waals surface area (Å²) in [4.78, 5) is 11.0. The van der Waals surface area contributed by atoms with Crippen molar-refractivity contribution in [3.05, 3.63) is 66.7 Å². The van der Waals surface area contributed by atoms with E-state index < -0.39 is 0 Å².